The van der Waals surface area contributed by atoms with Crippen molar-refractivity contribution >= 4 is 5.97 Å². The standard InChI is InChI=1S/C21H28O2/c1-17(13-14-19-9-5-3-6-10-19)21(23-18(2)22)16-15-20-11-7-4-8-12-20/h4,7-8,11-14,19,21H,1,3,5-6,9-10,15-16H2,2H3/b14-13+. The Morgan fingerprint density at radius 1 is 1.26 bits per heavy atom. The number of hydrogen-bond donors (Lipinski definition) is 0. The third-order valence-corrected chi connectivity index (χ3v) is 4.49. The van der Waals surface area contributed by atoms with E-state index in [2.05, 4.69) is 30.9 Å². The largest absolute Gasteiger partial charge is 0.458 e. The van der Waals surface area contributed by atoms with Crippen LogP contribution in [0.3, 0.4) is 0 Å². The zero-order chi connectivity index (χ0) is 16.5. The van der Waals surface area contributed by atoms with Crippen LogP contribution >= 0.6 is 0 Å². The molecular formula is C21H28O2. The smallest absolute Gasteiger partial charge is 0.303 e. The highest BCUT2D eigenvalue weighted by Gasteiger charge is 2.15. The molecule has 0 N–H and O–H groups in total. The molecular weight excluding hydrogens is 284 g/mol. The van der Waals surface area contributed by atoms with Crippen molar-refractivity contribution < 1.29 is 9.53 Å². The minimum atomic E-state index is -0.240. The second-order valence-electron chi connectivity index (χ2n) is 6.45. The van der Waals surface area contributed by atoms with Gasteiger partial charge in [-0.3, -0.25) is 4.79 Å². The normalized spacial score (nSPS) is 17.1. The first-order valence-electron chi connectivity index (χ1n) is 8.73. The number of hydrogen-bond acceptors (Lipinski definition) is 2. The van der Waals surface area contributed by atoms with E-state index in [9.17, 15) is 4.79 Å². The summed E-state index contributed by atoms with van der Waals surface area (Å²) in [6.07, 6.45) is 12.3. The van der Waals surface area contributed by atoms with E-state index in [0.717, 1.165) is 18.4 Å². The number of carbonyl (C=O) groups is 1. The van der Waals surface area contributed by atoms with Crippen LogP contribution in [0.25, 0.3) is 0 Å². The van der Waals surface area contributed by atoms with Crippen LogP contribution in [-0.4, -0.2) is 12.1 Å². The predicted octanol–water partition coefficient (Wildman–Crippen LogP) is 5.24. The summed E-state index contributed by atoms with van der Waals surface area (Å²) in [6, 6.07) is 10.3. The molecule has 1 atom stereocenters. The maximum absolute atomic E-state index is 11.4. The van der Waals surface area contributed by atoms with Gasteiger partial charge in [-0.05, 0) is 42.7 Å². The predicted molar refractivity (Wildman–Crippen MR) is 95.2 cm³/mol. The zero-order valence-corrected chi connectivity index (χ0v) is 14.2. The molecule has 2 rings (SSSR count). The maximum atomic E-state index is 11.4. The van der Waals surface area contributed by atoms with Gasteiger partial charge < -0.3 is 4.74 Å². The number of carbonyl (C=O) groups excluding carboxylic acids is 1. The molecule has 1 fully saturated rings. The zero-order valence-electron chi connectivity index (χ0n) is 14.2. The third-order valence-electron chi connectivity index (χ3n) is 4.49. The maximum Gasteiger partial charge on any atom is 0.303 e. The van der Waals surface area contributed by atoms with Crippen molar-refractivity contribution in [3.05, 3.63) is 60.2 Å². The first kappa shape index (κ1) is 17.5. The van der Waals surface area contributed by atoms with Gasteiger partial charge in [-0.2, -0.15) is 0 Å². The highest BCUT2D eigenvalue weighted by Crippen LogP contribution is 2.25. The fourth-order valence-electron chi connectivity index (χ4n) is 3.16. The van der Waals surface area contributed by atoms with Crippen LogP contribution in [-0.2, 0) is 16.0 Å². The van der Waals surface area contributed by atoms with Gasteiger partial charge in [0.25, 0.3) is 0 Å². The minimum absolute atomic E-state index is 0.229. The lowest BCUT2D eigenvalue weighted by Gasteiger charge is -2.20. The van der Waals surface area contributed by atoms with E-state index in [1.165, 1.54) is 44.6 Å². The van der Waals surface area contributed by atoms with Gasteiger partial charge in [-0.15, -0.1) is 0 Å². The Balaban J connectivity index is 1.91. The van der Waals surface area contributed by atoms with Crippen molar-refractivity contribution in [1.29, 1.82) is 0 Å². The van der Waals surface area contributed by atoms with Crippen LogP contribution in [0.1, 0.15) is 51.0 Å². The van der Waals surface area contributed by atoms with E-state index in [-0.39, 0.29) is 12.1 Å². The van der Waals surface area contributed by atoms with Gasteiger partial charge in [-0.25, -0.2) is 0 Å². The quantitative estimate of drug-likeness (QED) is 0.508. The second kappa shape index (κ2) is 9.34. The molecule has 124 valence electrons. The van der Waals surface area contributed by atoms with E-state index < -0.39 is 0 Å². The monoisotopic (exact) mass is 312 g/mol. The topological polar surface area (TPSA) is 26.3 Å². The molecule has 0 spiro atoms. The average Bonchev–Trinajstić information content (AvgIpc) is 2.58. The van der Waals surface area contributed by atoms with Crippen molar-refractivity contribution in [2.75, 3.05) is 0 Å². The molecule has 1 aliphatic carbocycles. The summed E-state index contributed by atoms with van der Waals surface area (Å²) in [7, 11) is 0. The molecule has 0 aliphatic heterocycles. The fraction of sp³-hybridized carbons (Fsp3) is 0.476. The van der Waals surface area contributed by atoms with Crippen molar-refractivity contribution in [3.8, 4) is 0 Å². The molecule has 0 bridgehead atoms. The first-order valence-corrected chi connectivity index (χ1v) is 8.73. The van der Waals surface area contributed by atoms with E-state index in [0.29, 0.717) is 5.92 Å². The van der Waals surface area contributed by atoms with Gasteiger partial charge in [0.1, 0.15) is 6.10 Å². The Labute approximate surface area is 140 Å². The Hall–Kier alpha value is -1.83. The summed E-state index contributed by atoms with van der Waals surface area (Å²) in [4.78, 5) is 11.4. The van der Waals surface area contributed by atoms with Gasteiger partial charge in [-0.1, -0.05) is 68.3 Å². The lowest BCUT2D eigenvalue weighted by molar-refractivity contribution is -0.144. The van der Waals surface area contributed by atoms with Gasteiger partial charge in [0.05, 0.1) is 0 Å². The van der Waals surface area contributed by atoms with Crippen molar-refractivity contribution in [2.45, 2.75) is 58.0 Å². The SMILES string of the molecule is C=C(/C=C/C1CCCCC1)C(CCc1ccccc1)OC(C)=O. The Morgan fingerprint density at radius 3 is 2.61 bits per heavy atom. The van der Waals surface area contributed by atoms with Crippen LogP contribution in [0.2, 0.25) is 0 Å². The molecule has 1 aliphatic rings. The van der Waals surface area contributed by atoms with Crippen LogP contribution in [0.5, 0.6) is 0 Å². The van der Waals surface area contributed by atoms with Gasteiger partial charge >= 0.3 is 5.97 Å². The van der Waals surface area contributed by atoms with E-state index in [1.54, 1.807) is 0 Å². The lowest BCUT2D eigenvalue weighted by Crippen LogP contribution is -2.18. The summed E-state index contributed by atoms with van der Waals surface area (Å²) in [6.45, 7) is 5.61. The van der Waals surface area contributed by atoms with Gasteiger partial charge in [0.2, 0.25) is 0 Å². The molecule has 2 nitrogen and oxygen atoms in total. The molecule has 1 aromatic carbocycles. The summed E-state index contributed by atoms with van der Waals surface area (Å²) < 4.78 is 5.48. The molecule has 0 radical (unpaired) electrons. The lowest BCUT2D eigenvalue weighted by atomic mass is 9.88. The summed E-state index contributed by atoms with van der Waals surface area (Å²) >= 11 is 0. The van der Waals surface area contributed by atoms with Gasteiger partial charge in [0, 0.05) is 6.92 Å². The molecule has 1 unspecified atom stereocenters. The number of rotatable bonds is 7. The third kappa shape index (κ3) is 6.43. The summed E-state index contributed by atoms with van der Waals surface area (Å²) in [5, 5.41) is 0. The molecule has 0 saturated heterocycles. The van der Waals surface area contributed by atoms with Crippen LogP contribution in [0.4, 0.5) is 0 Å². The molecule has 0 aromatic heterocycles. The number of esters is 1. The molecule has 2 heteroatoms. The molecule has 23 heavy (non-hydrogen) atoms. The number of aryl methyl sites for hydroxylation is 1. The highest BCUT2D eigenvalue weighted by molar-refractivity contribution is 5.66. The molecule has 1 saturated carbocycles. The van der Waals surface area contributed by atoms with E-state index >= 15 is 0 Å². The van der Waals surface area contributed by atoms with Crippen LogP contribution in [0.15, 0.2) is 54.6 Å². The van der Waals surface area contributed by atoms with Crippen molar-refractivity contribution in [3.63, 3.8) is 0 Å². The number of allylic oxidation sites excluding steroid dienone is 1. The number of benzene rings is 1. The fourth-order valence-corrected chi connectivity index (χ4v) is 3.16. The minimum Gasteiger partial charge on any atom is -0.458 e. The van der Waals surface area contributed by atoms with Crippen molar-refractivity contribution in [1.82, 2.24) is 0 Å². The van der Waals surface area contributed by atoms with Crippen molar-refractivity contribution in [2.24, 2.45) is 5.92 Å². The van der Waals surface area contributed by atoms with E-state index in [1.807, 2.05) is 18.2 Å². The number of ether oxygens (including phenoxy) is 1. The highest BCUT2D eigenvalue weighted by atomic mass is 16.5. The Bertz CT molecular complexity index is 524. The Morgan fingerprint density at radius 2 is 1.96 bits per heavy atom. The average molecular weight is 312 g/mol. The van der Waals surface area contributed by atoms with Gasteiger partial charge in [0.15, 0.2) is 0 Å². The summed E-state index contributed by atoms with van der Waals surface area (Å²) in [5.74, 6) is 0.419. The molecule has 1 aromatic rings. The first-order chi connectivity index (χ1) is 11.1. The van der Waals surface area contributed by atoms with Crippen LogP contribution in [0, 0.1) is 5.92 Å². The molecule has 0 heterocycles. The van der Waals surface area contributed by atoms with Crippen LogP contribution < -0.4 is 0 Å². The second-order valence-corrected chi connectivity index (χ2v) is 6.45. The summed E-state index contributed by atoms with van der Waals surface area (Å²) in [5.41, 5.74) is 2.16. The Kier molecular flexibility index (Phi) is 7.12. The van der Waals surface area contributed by atoms with E-state index in [4.69, 9.17) is 4.74 Å². The molecule has 0 amide bonds.